The Balaban J connectivity index is 2.31. The summed E-state index contributed by atoms with van der Waals surface area (Å²) in [6.07, 6.45) is 0.200. The lowest BCUT2D eigenvalue weighted by Gasteiger charge is -2.20. The molecular formula is C12H11N5O2. The van der Waals surface area contributed by atoms with Crippen LogP contribution in [0, 0.1) is 11.3 Å². The van der Waals surface area contributed by atoms with Crippen molar-refractivity contribution < 1.29 is 9.42 Å². The topological polar surface area (TPSA) is 109 Å². The zero-order valence-corrected chi connectivity index (χ0v) is 9.98. The smallest absolute Gasteiger partial charge is 0.284 e. The van der Waals surface area contributed by atoms with Crippen molar-refractivity contribution in [1.29, 1.82) is 5.26 Å². The molecule has 0 aliphatic heterocycles. The molecule has 0 radical (unpaired) electrons. The molecule has 19 heavy (non-hydrogen) atoms. The normalized spacial score (nSPS) is 9.84. The molecule has 1 aromatic heterocycles. The second kappa shape index (κ2) is 5.64. The maximum atomic E-state index is 12.3. The van der Waals surface area contributed by atoms with E-state index in [1.165, 1.54) is 4.90 Å². The van der Waals surface area contributed by atoms with Gasteiger partial charge in [-0.1, -0.05) is 18.2 Å². The Morgan fingerprint density at radius 2 is 2.11 bits per heavy atom. The third-order valence-corrected chi connectivity index (χ3v) is 2.48. The Kier molecular flexibility index (Phi) is 3.73. The summed E-state index contributed by atoms with van der Waals surface area (Å²) >= 11 is 0. The van der Waals surface area contributed by atoms with E-state index in [9.17, 15) is 4.79 Å². The van der Waals surface area contributed by atoms with Crippen molar-refractivity contribution in [3.63, 3.8) is 0 Å². The lowest BCUT2D eigenvalue weighted by Crippen LogP contribution is -2.32. The summed E-state index contributed by atoms with van der Waals surface area (Å²) < 4.78 is 4.42. The predicted octanol–water partition coefficient (Wildman–Crippen LogP) is 1.21. The summed E-state index contributed by atoms with van der Waals surface area (Å²) in [5.74, 6) is -0.511. The maximum absolute atomic E-state index is 12.3. The predicted molar refractivity (Wildman–Crippen MR) is 67.1 cm³/mol. The van der Waals surface area contributed by atoms with Gasteiger partial charge < -0.3 is 10.6 Å². The van der Waals surface area contributed by atoms with Gasteiger partial charge in [-0.15, -0.1) is 0 Å². The lowest BCUT2D eigenvalue weighted by atomic mass is 10.2. The number of rotatable bonds is 4. The highest BCUT2D eigenvalue weighted by Crippen LogP contribution is 2.18. The fourth-order valence-corrected chi connectivity index (χ4v) is 1.59. The number of nitrogen functional groups attached to an aromatic ring is 1. The van der Waals surface area contributed by atoms with Gasteiger partial charge in [0.2, 0.25) is 11.5 Å². The van der Waals surface area contributed by atoms with Gasteiger partial charge in [-0.3, -0.25) is 4.79 Å². The molecule has 1 heterocycles. The molecule has 1 amide bonds. The van der Waals surface area contributed by atoms with Gasteiger partial charge in [0.25, 0.3) is 5.91 Å². The molecule has 2 aromatic rings. The molecule has 2 N–H and O–H groups in total. The summed E-state index contributed by atoms with van der Waals surface area (Å²) in [6, 6.07) is 11.0. The van der Waals surface area contributed by atoms with Crippen LogP contribution < -0.4 is 10.6 Å². The molecule has 0 aliphatic rings. The van der Waals surface area contributed by atoms with E-state index in [1.54, 1.807) is 24.3 Å². The third-order valence-electron chi connectivity index (χ3n) is 2.48. The van der Waals surface area contributed by atoms with Crippen LogP contribution in [-0.4, -0.2) is 22.8 Å². The van der Waals surface area contributed by atoms with Crippen LogP contribution in [0.15, 0.2) is 35.0 Å². The van der Waals surface area contributed by atoms with Gasteiger partial charge in [0, 0.05) is 12.2 Å². The van der Waals surface area contributed by atoms with Gasteiger partial charge in [-0.2, -0.15) is 5.26 Å². The van der Waals surface area contributed by atoms with Crippen molar-refractivity contribution in [2.75, 3.05) is 17.2 Å². The second-order valence-corrected chi connectivity index (χ2v) is 3.70. The number of hydrogen-bond donors (Lipinski definition) is 1. The Bertz CT molecular complexity index is 602. The highest BCUT2D eigenvalue weighted by molar-refractivity contribution is 6.07. The third kappa shape index (κ3) is 2.69. The van der Waals surface area contributed by atoms with Crippen LogP contribution in [-0.2, 0) is 0 Å². The Morgan fingerprint density at radius 3 is 2.68 bits per heavy atom. The monoisotopic (exact) mass is 257 g/mol. The molecule has 0 fully saturated rings. The minimum atomic E-state index is -0.444. The molecule has 7 nitrogen and oxygen atoms in total. The molecule has 0 saturated heterocycles. The first-order valence-electron chi connectivity index (χ1n) is 5.56. The molecule has 1 aromatic carbocycles. The molecule has 96 valence electrons. The number of benzene rings is 1. The molecule has 7 heteroatoms. The van der Waals surface area contributed by atoms with Crippen LogP contribution in [0.5, 0.6) is 0 Å². The first kappa shape index (κ1) is 12.6. The SMILES string of the molecule is N#CCCN(C(=O)c1nonc1N)c1ccccc1. The Morgan fingerprint density at radius 1 is 1.37 bits per heavy atom. The molecule has 0 bridgehead atoms. The van der Waals surface area contributed by atoms with Gasteiger partial charge in [-0.05, 0) is 22.4 Å². The molecule has 0 spiro atoms. The van der Waals surface area contributed by atoms with Crippen molar-refractivity contribution >= 4 is 17.4 Å². The highest BCUT2D eigenvalue weighted by atomic mass is 16.6. The zero-order valence-electron chi connectivity index (χ0n) is 9.98. The lowest BCUT2D eigenvalue weighted by molar-refractivity contribution is 0.0978. The van der Waals surface area contributed by atoms with E-state index in [1.807, 2.05) is 12.1 Å². The highest BCUT2D eigenvalue weighted by Gasteiger charge is 2.23. The van der Waals surface area contributed by atoms with E-state index >= 15 is 0 Å². The van der Waals surface area contributed by atoms with Gasteiger partial charge in [0.05, 0.1) is 12.5 Å². The Labute approximate surface area is 109 Å². The van der Waals surface area contributed by atoms with Crippen molar-refractivity contribution in [3.8, 4) is 6.07 Å². The molecule has 0 aliphatic carbocycles. The van der Waals surface area contributed by atoms with Crippen LogP contribution >= 0.6 is 0 Å². The number of carbonyl (C=O) groups excluding carboxylic acids is 1. The van der Waals surface area contributed by atoms with Crippen LogP contribution in [0.3, 0.4) is 0 Å². The summed E-state index contributed by atoms with van der Waals surface area (Å²) in [5.41, 5.74) is 6.11. The van der Waals surface area contributed by atoms with Crippen molar-refractivity contribution in [2.45, 2.75) is 6.42 Å². The van der Waals surface area contributed by atoms with Crippen molar-refractivity contribution in [2.24, 2.45) is 0 Å². The number of nitrogens with two attached hydrogens (primary N) is 1. The van der Waals surface area contributed by atoms with Crippen LogP contribution in [0.25, 0.3) is 0 Å². The molecule has 0 saturated carbocycles. The van der Waals surface area contributed by atoms with E-state index in [2.05, 4.69) is 14.9 Å². The van der Waals surface area contributed by atoms with Gasteiger partial charge in [0.1, 0.15) is 0 Å². The number of anilines is 2. The molecule has 0 unspecified atom stereocenters. The van der Waals surface area contributed by atoms with Crippen molar-refractivity contribution in [3.05, 3.63) is 36.0 Å². The van der Waals surface area contributed by atoms with Crippen LogP contribution in [0.1, 0.15) is 16.9 Å². The van der Waals surface area contributed by atoms with E-state index in [0.717, 1.165) is 0 Å². The number of hydrogen-bond acceptors (Lipinski definition) is 6. The quantitative estimate of drug-likeness (QED) is 0.881. The van der Waals surface area contributed by atoms with Gasteiger partial charge in [0.15, 0.2) is 0 Å². The van der Waals surface area contributed by atoms with E-state index in [-0.39, 0.29) is 24.5 Å². The summed E-state index contributed by atoms with van der Waals surface area (Å²) in [4.78, 5) is 13.7. The zero-order chi connectivity index (χ0) is 13.7. The number of nitrogens with zero attached hydrogens (tertiary/aromatic N) is 4. The minimum Gasteiger partial charge on any atom is -0.379 e. The second-order valence-electron chi connectivity index (χ2n) is 3.70. The molecule has 0 atom stereocenters. The fourth-order valence-electron chi connectivity index (χ4n) is 1.59. The average molecular weight is 257 g/mol. The van der Waals surface area contributed by atoms with Gasteiger partial charge in [-0.25, -0.2) is 4.63 Å². The van der Waals surface area contributed by atoms with Crippen molar-refractivity contribution in [1.82, 2.24) is 10.3 Å². The summed E-state index contributed by atoms with van der Waals surface area (Å²) in [6.45, 7) is 0.242. The number of para-hydroxylation sites is 1. The van der Waals surface area contributed by atoms with Gasteiger partial charge >= 0.3 is 0 Å². The van der Waals surface area contributed by atoms with Crippen LogP contribution in [0.2, 0.25) is 0 Å². The molecular weight excluding hydrogens is 246 g/mol. The largest absolute Gasteiger partial charge is 0.379 e. The fraction of sp³-hybridized carbons (Fsp3) is 0.167. The summed E-state index contributed by atoms with van der Waals surface area (Å²) in [5, 5.41) is 15.5. The Hall–Kier alpha value is -2.88. The average Bonchev–Trinajstić information content (AvgIpc) is 2.86. The first-order chi connectivity index (χ1) is 9.24. The number of aromatic nitrogens is 2. The summed E-state index contributed by atoms with van der Waals surface area (Å²) in [7, 11) is 0. The van der Waals surface area contributed by atoms with E-state index in [4.69, 9.17) is 11.0 Å². The number of carbonyl (C=O) groups is 1. The number of amides is 1. The van der Waals surface area contributed by atoms with Crippen LogP contribution in [0.4, 0.5) is 11.5 Å². The van der Waals surface area contributed by atoms with E-state index in [0.29, 0.717) is 5.69 Å². The van der Waals surface area contributed by atoms with E-state index < -0.39 is 5.91 Å². The number of nitriles is 1. The first-order valence-corrected chi connectivity index (χ1v) is 5.56. The molecule has 2 rings (SSSR count). The standard InChI is InChI=1S/C12H11N5O2/c13-7-4-8-17(9-5-2-1-3-6-9)12(18)10-11(14)16-19-15-10/h1-3,5-6H,4,8H2,(H2,14,16). The maximum Gasteiger partial charge on any atom is 0.284 e. The minimum absolute atomic E-state index is 0.0539.